The number of nitrogens with one attached hydrogen (secondary N) is 2. The lowest BCUT2D eigenvalue weighted by atomic mass is 10.2. The molecule has 5 nitrogen and oxygen atoms in total. The fraction of sp³-hybridized carbons (Fsp3) is 0.0500. The number of thiocarbonyl (C=S) groups is 1. The third-order valence-electron chi connectivity index (χ3n) is 4.07. The Balaban J connectivity index is 1.43. The topological polar surface area (TPSA) is 67.2 Å². The number of amides is 1. The zero-order valence-electron chi connectivity index (χ0n) is 15.0. The summed E-state index contributed by atoms with van der Waals surface area (Å²) in [4.78, 5) is 16.9. The Labute approximate surface area is 185 Å². The second kappa shape index (κ2) is 8.12. The van der Waals surface area contributed by atoms with Crippen LogP contribution in [0, 0.1) is 6.92 Å². The highest BCUT2D eigenvalue weighted by atomic mass is 35.5. The number of aryl methyl sites for hydroxylation is 1. The van der Waals surface area contributed by atoms with Crippen LogP contribution in [0.1, 0.15) is 16.1 Å². The third kappa shape index (κ3) is 4.43. The maximum Gasteiger partial charge on any atom is 0.293 e. The van der Waals surface area contributed by atoms with E-state index in [4.69, 9.17) is 39.8 Å². The first-order chi connectivity index (χ1) is 13.9. The van der Waals surface area contributed by atoms with Gasteiger partial charge in [-0.1, -0.05) is 34.5 Å². The molecule has 4 aromatic rings. The van der Waals surface area contributed by atoms with Gasteiger partial charge in [-0.3, -0.25) is 10.1 Å². The van der Waals surface area contributed by atoms with Gasteiger partial charge in [0.1, 0.15) is 5.76 Å². The molecule has 4 rings (SSSR count). The number of furan rings is 1. The third-order valence-corrected chi connectivity index (χ3v) is 5.87. The van der Waals surface area contributed by atoms with Crippen LogP contribution in [0.5, 0.6) is 0 Å². The van der Waals surface area contributed by atoms with Gasteiger partial charge in [-0.25, -0.2) is 4.98 Å². The lowest BCUT2D eigenvalue weighted by Crippen LogP contribution is -2.33. The van der Waals surface area contributed by atoms with Crippen LogP contribution >= 0.6 is 46.8 Å². The molecule has 0 spiro atoms. The molecular weight excluding hydrogens is 449 g/mol. The Morgan fingerprint density at radius 1 is 1.14 bits per heavy atom. The minimum atomic E-state index is -0.456. The summed E-state index contributed by atoms with van der Waals surface area (Å²) in [6, 6.07) is 14.2. The fourth-order valence-electron chi connectivity index (χ4n) is 2.63. The molecule has 9 heteroatoms. The van der Waals surface area contributed by atoms with E-state index in [0.717, 1.165) is 21.3 Å². The first-order valence-electron chi connectivity index (χ1n) is 8.44. The number of fused-ring (bicyclic) bond motifs is 1. The molecule has 0 radical (unpaired) electrons. The second-order valence-corrected chi connectivity index (χ2v) is 8.45. The Kier molecular flexibility index (Phi) is 5.56. The molecule has 0 saturated carbocycles. The lowest BCUT2D eigenvalue weighted by Gasteiger charge is -2.05. The SMILES string of the molecule is Cc1cc2sc(NC(=S)NC(=O)c3ccc(-c4ccc(Cl)cc4)o3)nc2cc1Cl. The quantitative estimate of drug-likeness (QED) is 0.350. The second-order valence-electron chi connectivity index (χ2n) is 6.17. The Morgan fingerprint density at radius 3 is 2.66 bits per heavy atom. The van der Waals surface area contributed by atoms with Crippen LogP contribution in [0.25, 0.3) is 21.5 Å². The highest BCUT2D eigenvalue weighted by Crippen LogP contribution is 2.30. The molecule has 0 saturated heterocycles. The van der Waals surface area contributed by atoms with Crippen molar-refractivity contribution in [1.82, 2.24) is 10.3 Å². The van der Waals surface area contributed by atoms with Gasteiger partial charge >= 0.3 is 0 Å². The van der Waals surface area contributed by atoms with Crippen LogP contribution in [-0.2, 0) is 0 Å². The number of carbonyl (C=O) groups excluding carboxylic acids is 1. The average molecular weight is 462 g/mol. The number of aromatic nitrogens is 1. The molecule has 0 fully saturated rings. The van der Waals surface area contributed by atoms with E-state index in [9.17, 15) is 4.79 Å². The van der Waals surface area contributed by atoms with Gasteiger partial charge in [-0.15, -0.1) is 0 Å². The standard InChI is InChI=1S/C20H13Cl2N3O2S2/c1-10-8-17-14(9-13(10)22)23-20(29-17)25-19(28)24-18(26)16-7-6-15(27-16)11-2-4-12(21)5-3-11/h2-9H,1H3,(H2,23,24,25,26,28). The number of hydrogen-bond donors (Lipinski definition) is 2. The Hall–Kier alpha value is -2.45. The molecule has 146 valence electrons. The van der Waals surface area contributed by atoms with E-state index < -0.39 is 5.91 Å². The van der Waals surface area contributed by atoms with Gasteiger partial charge in [0.15, 0.2) is 16.0 Å². The molecule has 2 aromatic carbocycles. The largest absolute Gasteiger partial charge is 0.451 e. The van der Waals surface area contributed by atoms with Gasteiger partial charge in [-0.2, -0.15) is 0 Å². The monoisotopic (exact) mass is 461 g/mol. The van der Waals surface area contributed by atoms with Crippen LogP contribution in [0.4, 0.5) is 5.13 Å². The van der Waals surface area contributed by atoms with E-state index >= 15 is 0 Å². The number of hydrogen-bond acceptors (Lipinski definition) is 5. The summed E-state index contributed by atoms with van der Waals surface area (Å²) in [7, 11) is 0. The molecule has 29 heavy (non-hydrogen) atoms. The molecule has 0 aliphatic rings. The van der Waals surface area contributed by atoms with Gasteiger partial charge in [0.2, 0.25) is 0 Å². The minimum absolute atomic E-state index is 0.126. The van der Waals surface area contributed by atoms with Crippen molar-refractivity contribution >= 4 is 73.1 Å². The number of anilines is 1. The first-order valence-corrected chi connectivity index (χ1v) is 10.4. The summed E-state index contributed by atoms with van der Waals surface area (Å²) < 4.78 is 6.60. The minimum Gasteiger partial charge on any atom is -0.451 e. The van der Waals surface area contributed by atoms with E-state index in [1.807, 2.05) is 25.1 Å². The lowest BCUT2D eigenvalue weighted by molar-refractivity contribution is 0.0951. The van der Waals surface area contributed by atoms with Gasteiger partial charge in [-0.05, 0) is 73.2 Å². The average Bonchev–Trinajstić information content (AvgIpc) is 3.30. The smallest absolute Gasteiger partial charge is 0.293 e. The maximum absolute atomic E-state index is 12.4. The highest BCUT2D eigenvalue weighted by Gasteiger charge is 2.15. The Morgan fingerprint density at radius 2 is 1.90 bits per heavy atom. The van der Waals surface area contributed by atoms with Crippen molar-refractivity contribution in [1.29, 1.82) is 0 Å². The summed E-state index contributed by atoms with van der Waals surface area (Å²) in [6.07, 6.45) is 0. The number of halogens is 2. The molecular formula is C20H13Cl2N3O2S2. The van der Waals surface area contributed by atoms with Gasteiger partial charge in [0.05, 0.1) is 10.2 Å². The molecule has 2 aromatic heterocycles. The van der Waals surface area contributed by atoms with Crippen LogP contribution < -0.4 is 10.6 Å². The van der Waals surface area contributed by atoms with Crippen molar-refractivity contribution < 1.29 is 9.21 Å². The van der Waals surface area contributed by atoms with E-state index in [1.54, 1.807) is 30.3 Å². The number of nitrogens with zero attached hydrogens (tertiary/aromatic N) is 1. The van der Waals surface area contributed by atoms with Crippen LogP contribution in [0.15, 0.2) is 52.9 Å². The number of thiazole rings is 1. The molecule has 2 N–H and O–H groups in total. The summed E-state index contributed by atoms with van der Waals surface area (Å²) in [5.41, 5.74) is 2.55. The van der Waals surface area contributed by atoms with Gasteiger partial charge < -0.3 is 9.73 Å². The summed E-state index contributed by atoms with van der Waals surface area (Å²) in [5.74, 6) is 0.248. The van der Waals surface area contributed by atoms with Crippen LogP contribution in [0.3, 0.4) is 0 Å². The molecule has 2 heterocycles. The Bertz CT molecular complexity index is 1190. The summed E-state index contributed by atoms with van der Waals surface area (Å²) in [5, 5.41) is 7.48. The van der Waals surface area contributed by atoms with E-state index in [-0.39, 0.29) is 10.9 Å². The normalized spacial score (nSPS) is 10.9. The van der Waals surface area contributed by atoms with E-state index in [1.165, 1.54) is 11.3 Å². The van der Waals surface area contributed by atoms with E-state index in [2.05, 4.69) is 15.6 Å². The molecule has 0 atom stereocenters. The zero-order chi connectivity index (χ0) is 20.5. The van der Waals surface area contributed by atoms with Crippen molar-refractivity contribution in [3.63, 3.8) is 0 Å². The van der Waals surface area contributed by atoms with Crippen LogP contribution in [0.2, 0.25) is 10.0 Å². The number of carbonyl (C=O) groups is 1. The molecule has 0 aliphatic carbocycles. The molecule has 0 bridgehead atoms. The van der Waals surface area contributed by atoms with Crippen LogP contribution in [-0.4, -0.2) is 16.0 Å². The zero-order valence-corrected chi connectivity index (χ0v) is 18.1. The van der Waals surface area contributed by atoms with Crippen molar-refractivity contribution in [3.8, 4) is 11.3 Å². The van der Waals surface area contributed by atoms with Gasteiger partial charge in [0.25, 0.3) is 5.91 Å². The first kappa shape index (κ1) is 19.8. The summed E-state index contributed by atoms with van der Waals surface area (Å²) in [6.45, 7) is 1.93. The molecule has 0 unspecified atom stereocenters. The van der Waals surface area contributed by atoms with Crippen molar-refractivity contribution in [2.24, 2.45) is 0 Å². The number of rotatable bonds is 3. The molecule has 1 amide bonds. The highest BCUT2D eigenvalue weighted by molar-refractivity contribution is 7.80. The van der Waals surface area contributed by atoms with E-state index in [0.29, 0.717) is 20.9 Å². The van der Waals surface area contributed by atoms with Gasteiger partial charge in [0, 0.05) is 15.6 Å². The predicted molar refractivity (Wildman–Crippen MR) is 122 cm³/mol. The van der Waals surface area contributed by atoms with Crippen molar-refractivity contribution in [2.75, 3.05) is 5.32 Å². The fourth-order valence-corrected chi connectivity index (χ4v) is 4.11. The van der Waals surface area contributed by atoms with Crippen molar-refractivity contribution in [2.45, 2.75) is 6.92 Å². The van der Waals surface area contributed by atoms with Crippen molar-refractivity contribution in [3.05, 3.63) is 69.9 Å². The molecule has 0 aliphatic heterocycles. The predicted octanol–water partition coefficient (Wildman–Crippen LogP) is 6.30. The summed E-state index contributed by atoms with van der Waals surface area (Å²) >= 11 is 18.7. The number of benzene rings is 2. The maximum atomic E-state index is 12.4.